The fourth-order valence-electron chi connectivity index (χ4n) is 3.36. The molecule has 0 aliphatic carbocycles. The molecule has 1 unspecified atom stereocenters. The minimum absolute atomic E-state index is 0.0247. The minimum atomic E-state index is 0.0247. The second kappa shape index (κ2) is 5.93. The number of amides is 1. The predicted octanol–water partition coefficient (Wildman–Crippen LogP) is 1.59. The van der Waals surface area contributed by atoms with Gasteiger partial charge in [-0.2, -0.15) is 0 Å². The maximum atomic E-state index is 12.7. The molecule has 2 fully saturated rings. The molecule has 2 saturated heterocycles. The van der Waals surface area contributed by atoms with Gasteiger partial charge in [-0.25, -0.2) is 0 Å². The second-order valence-electron chi connectivity index (χ2n) is 5.89. The Balaban J connectivity index is 1.76. The Hall–Kier alpha value is -1.75. The fraction of sp³-hybridized carbons (Fsp3) is 0.562. The van der Waals surface area contributed by atoms with Gasteiger partial charge in [-0.05, 0) is 37.6 Å². The van der Waals surface area contributed by atoms with Gasteiger partial charge < -0.3 is 15.4 Å². The lowest BCUT2D eigenvalue weighted by molar-refractivity contribution is 0.0373. The molecule has 0 radical (unpaired) electrons. The summed E-state index contributed by atoms with van der Waals surface area (Å²) in [6.45, 7) is 3.75. The van der Waals surface area contributed by atoms with Gasteiger partial charge in [0.2, 0.25) is 0 Å². The summed E-state index contributed by atoms with van der Waals surface area (Å²) in [5.74, 6) is 0.695. The normalized spacial score (nSPS) is 22.7. The van der Waals surface area contributed by atoms with Crippen molar-refractivity contribution >= 4 is 11.6 Å². The highest BCUT2D eigenvalue weighted by Gasteiger charge is 2.31. The van der Waals surface area contributed by atoms with E-state index in [1.165, 1.54) is 25.8 Å². The van der Waals surface area contributed by atoms with Crippen molar-refractivity contribution in [3.05, 3.63) is 23.8 Å². The molecule has 1 aromatic carbocycles. The number of nitrogens with zero attached hydrogens (tertiary/aromatic N) is 2. The van der Waals surface area contributed by atoms with Gasteiger partial charge in [0.25, 0.3) is 5.91 Å². The number of fused-ring (bicyclic) bond motifs is 1. The van der Waals surface area contributed by atoms with Gasteiger partial charge in [0.15, 0.2) is 0 Å². The molecule has 0 bridgehead atoms. The Kier molecular flexibility index (Phi) is 4.01. The first-order valence-corrected chi connectivity index (χ1v) is 7.66. The highest BCUT2D eigenvalue weighted by Crippen LogP contribution is 2.25. The molecular weight excluding hydrogens is 266 g/mol. The van der Waals surface area contributed by atoms with Gasteiger partial charge in [-0.3, -0.25) is 9.69 Å². The van der Waals surface area contributed by atoms with Crippen LogP contribution in [0, 0.1) is 0 Å². The van der Waals surface area contributed by atoms with Crippen molar-refractivity contribution in [2.24, 2.45) is 0 Å². The molecule has 2 aliphatic heterocycles. The number of ether oxygens (including phenoxy) is 1. The molecule has 2 N–H and O–H groups in total. The van der Waals surface area contributed by atoms with E-state index in [4.69, 9.17) is 10.5 Å². The van der Waals surface area contributed by atoms with E-state index in [1.807, 2.05) is 4.90 Å². The molecule has 1 atom stereocenters. The number of piperazine rings is 1. The van der Waals surface area contributed by atoms with Crippen molar-refractivity contribution in [1.82, 2.24) is 9.80 Å². The zero-order chi connectivity index (χ0) is 14.8. The molecule has 0 saturated carbocycles. The van der Waals surface area contributed by atoms with E-state index < -0.39 is 0 Å². The fourth-order valence-corrected chi connectivity index (χ4v) is 3.36. The molecule has 0 aromatic heterocycles. The van der Waals surface area contributed by atoms with Gasteiger partial charge in [0, 0.05) is 31.4 Å². The summed E-state index contributed by atoms with van der Waals surface area (Å²) in [5.41, 5.74) is 7.04. The number of methoxy groups -OCH3 is 1. The number of nitrogen functional groups attached to an aromatic ring is 1. The highest BCUT2D eigenvalue weighted by molar-refractivity contribution is 5.99. The van der Waals surface area contributed by atoms with E-state index in [2.05, 4.69) is 4.90 Å². The molecular formula is C16H23N3O2. The van der Waals surface area contributed by atoms with Crippen molar-refractivity contribution in [3.8, 4) is 5.75 Å². The minimum Gasteiger partial charge on any atom is -0.497 e. The van der Waals surface area contributed by atoms with Crippen molar-refractivity contribution in [2.75, 3.05) is 39.0 Å². The van der Waals surface area contributed by atoms with Crippen LogP contribution in [0.1, 0.15) is 29.6 Å². The molecule has 114 valence electrons. The molecule has 2 aliphatic rings. The average Bonchev–Trinajstić information content (AvgIpc) is 2.54. The number of hydrogen-bond donors (Lipinski definition) is 1. The number of carbonyl (C=O) groups is 1. The zero-order valence-corrected chi connectivity index (χ0v) is 12.5. The smallest absolute Gasteiger partial charge is 0.256 e. The van der Waals surface area contributed by atoms with E-state index in [1.54, 1.807) is 25.3 Å². The lowest BCUT2D eigenvalue weighted by Crippen LogP contribution is -2.56. The number of rotatable bonds is 2. The third-order valence-corrected chi connectivity index (χ3v) is 4.62. The maximum absolute atomic E-state index is 12.7. The van der Waals surface area contributed by atoms with Crippen molar-refractivity contribution in [1.29, 1.82) is 0 Å². The summed E-state index contributed by atoms with van der Waals surface area (Å²) in [7, 11) is 1.60. The van der Waals surface area contributed by atoms with Crippen LogP contribution < -0.4 is 10.5 Å². The highest BCUT2D eigenvalue weighted by atomic mass is 16.5. The Labute approximate surface area is 125 Å². The summed E-state index contributed by atoms with van der Waals surface area (Å²) >= 11 is 0. The van der Waals surface area contributed by atoms with Crippen LogP contribution in [-0.4, -0.2) is 55.0 Å². The zero-order valence-electron chi connectivity index (χ0n) is 12.5. The van der Waals surface area contributed by atoms with Crippen LogP contribution >= 0.6 is 0 Å². The summed E-state index contributed by atoms with van der Waals surface area (Å²) < 4.78 is 5.20. The molecule has 3 rings (SSSR count). The first-order valence-electron chi connectivity index (χ1n) is 7.66. The van der Waals surface area contributed by atoms with E-state index in [0.29, 0.717) is 23.0 Å². The molecule has 1 aromatic rings. The Bertz CT molecular complexity index is 532. The molecule has 5 nitrogen and oxygen atoms in total. The number of carbonyl (C=O) groups excluding carboxylic acids is 1. The van der Waals surface area contributed by atoms with E-state index in [-0.39, 0.29) is 5.91 Å². The van der Waals surface area contributed by atoms with Crippen molar-refractivity contribution in [2.45, 2.75) is 25.3 Å². The van der Waals surface area contributed by atoms with E-state index >= 15 is 0 Å². The standard InChI is InChI=1S/C16H23N3O2/c1-21-13-5-6-15(17)14(10-13)16(20)19-9-8-18-7-3-2-4-12(18)11-19/h5-6,10,12H,2-4,7-9,11,17H2,1H3. The van der Waals surface area contributed by atoms with Crippen LogP contribution in [0.2, 0.25) is 0 Å². The second-order valence-corrected chi connectivity index (χ2v) is 5.89. The largest absolute Gasteiger partial charge is 0.497 e. The third-order valence-electron chi connectivity index (χ3n) is 4.62. The van der Waals surface area contributed by atoms with Crippen molar-refractivity contribution in [3.63, 3.8) is 0 Å². The molecule has 0 spiro atoms. The van der Waals surface area contributed by atoms with Gasteiger partial charge >= 0.3 is 0 Å². The van der Waals surface area contributed by atoms with Crippen molar-refractivity contribution < 1.29 is 9.53 Å². The molecule has 1 amide bonds. The maximum Gasteiger partial charge on any atom is 0.256 e. The Morgan fingerprint density at radius 1 is 1.29 bits per heavy atom. The predicted molar refractivity (Wildman–Crippen MR) is 82.5 cm³/mol. The topological polar surface area (TPSA) is 58.8 Å². The van der Waals surface area contributed by atoms with Crippen LogP contribution in [0.5, 0.6) is 5.75 Å². The van der Waals surface area contributed by atoms with Gasteiger partial charge in [0.05, 0.1) is 12.7 Å². The van der Waals surface area contributed by atoms with Crippen LogP contribution in [0.3, 0.4) is 0 Å². The van der Waals surface area contributed by atoms with Crippen LogP contribution in [0.25, 0.3) is 0 Å². The van der Waals surface area contributed by atoms with E-state index in [9.17, 15) is 4.79 Å². The lowest BCUT2D eigenvalue weighted by Gasteiger charge is -2.44. The van der Waals surface area contributed by atoms with Crippen LogP contribution in [0.4, 0.5) is 5.69 Å². The Morgan fingerprint density at radius 2 is 2.14 bits per heavy atom. The third kappa shape index (κ3) is 2.83. The monoisotopic (exact) mass is 289 g/mol. The first kappa shape index (κ1) is 14.2. The number of nitrogens with two attached hydrogens (primary N) is 1. The van der Waals surface area contributed by atoms with Crippen LogP contribution in [-0.2, 0) is 0 Å². The van der Waals surface area contributed by atoms with E-state index in [0.717, 1.165) is 19.6 Å². The first-order chi connectivity index (χ1) is 10.2. The van der Waals surface area contributed by atoms with Crippen LogP contribution in [0.15, 0.2) is 18.2 Å². The summed E-state index contributed by atoms with van der Waals surface area (Å²) in [5, 5.41) is 0. The molecule has 21 heavy (non-hydrogen) atoms. The number of piperidine rings is 1. The molecule has 2 heterocycles. The van der Waals surface area contributed by atoms with Gasteiger partial charge in [0.1, 0.15) is 5.75 Å². The number of benzene rings is 1. The summed E-state index contributed by atoms with van der Waals surface area (Å²) in [6, 6.07) is 5.78. The molecule has 5 heteroatoms. The summed E-state index contributed by atoms with van der Waals surface area (Å²) in [4.78, 5) is 17.2. The average molecular weight is 289 g/mol. The number of hydrogen-bond acceptors (Lipinski definition) is 4. The van der Waals surface area contributed by atoms with Gasteiger partial charge in [-0.15, -0.1) is 0 Å². The summed E-state index contributed by atoms with van der Waals surface area (Å²) in [6.07, 6.45) is 3.75. The SMILES string of the molecule is COc1ccc(N)c(C(=O)N2CCN3CCCCC3C2)c1. The lowest BCUT2D eigenvalue weighted by atomic mass is 9.99. The Morgan fingerprint density at radius 3 is 2.95 bits per heavy atom. The number of anilines is 1. The quantitative estimate of drug-likeness (QED) is 0.840. The van der Waals surface area contributed by atoms with Gasteiger partial charge in [-0.1, -0.05) is 6.42 Å².